The first kappa shape index (κ1) is 17.7. The number of allylic oxidation sites excluding steroid dienone is 2. The molecule has 0 fully saturated rings. The standard InChI is InChI=1S/C25H20N2O/c1-19-24(25(28)27(26-19)23-12-6-3-7-13-23)14-8-9-20-15-17-22(18-16-20)21-10-4-2-5-11-21/h2-18H,1H3/b9-8+,24-14-. The van der Waals surface area contributed by atoms with Gasteiger partial charge in [0.15, 0.2) is 0 Å². The predicted molar refractivity (Wildman–Crippen MR) is 116 cm³/mol. The lowest BCUT2D eigenvalue weighted by Gasteiger charge is -2.10. The van der Waals surface area contributed by atoms with Crippen LogP contribution in [0.1, 0.15) is 12.5 Å². The van der Waals surface area contributed by atoms with E-state index in [0.717, 1.165) is 17.0 Å². The van der Waals surface area contributed by atoms with Crippen molar-refractivity contribution in [2.75, 3.05) is 5.01 Å². The number of hydrogen-bond acceptors (Lipinski definition) is 2. The van der Waals surface area contributed by atoms with E-state index in [1.807, 2.05) is 73.7 Å². The fourth-order valence-corrected chi connectivity index (χ4v) is 3.13. The van der Waals surface area contributed by atoms with Crippen molar-refractivity contribution >= 4 is 23.4 Å². The molecule has 3 aromatic carbocycles. The number of carbonyl (C=O) groups is 1. The molecule has 0 spiro atoms. The summed E-state index contributed by atoms with van der Waals surface area (Å²) in [6.45, 7) is 1.86. The molecule has 3 aromatic rings. The largest absolute Gasteiger partial charge is 0.280 e. The van der Waals surface area contributed by atoms with Crippen molar-refractivity contribution in [1.29, 1.82) is 0 Å². The quantitative estimate of drug-likeness (QED) is 0.545. The Labute approximate surface area is 165 Å². The molecule has 0 radical (unpaired) electrons. The summed E-state index contributed by atoms with van der Waals surface area (Å²) in [6.07, 6.45) is 5.72. The van der Waals surface area contributed by atoms with Gasteiger partial charge in [0.25, 0.3) is 5.91 Å². The maximum Gasteiger partial charge on any atom is 0.280 e. The summed E-state index contributed by atoms with van der Waals surface area (Å²) in [6, 6.07) is 28.1. The lowest BCUT2D eigenvalue weighted by molar-refractivity contribution is -0.114. The number of nitrogens with zero attached hydrogens (tertiary/aromatic N) is 2. The minimum absolute atomic E-state index is 0.104. The Balaban J connectivity index is 1.49. The van der Waals surface area contributed by atoms with Crippen molar-refractivity contribution in [3.05, 3.63) is 108 Å². The van der Waals surface area contributed by atoms with Crippen LogP contribution < -0.4 is 5.01 Å². The van der Waals surface area contributed by atoms with Crippen LogP contribution >= 0.6 is 0 Å². The van der Waals surface area contributed by atoms with E-state index in [4.69, 9.17) is 0 Å². The third kappa shape index (κ3) is 3.69. The van der Waals surface area contributed by atoms with Gasteiger partial charge in [-0.2, -0.15) is 10.1 Å². The number of carbonyl (C=O) groups excluding carboxylic acids is 1. The Kier molecular flexibility index (Phi) is 4.98. The molecule has 1 aliphatic rings. The first-order valence-corrected chi connectivity index (χ1v) is 9.21. The highest BCUT2D eigenvalue weighted by molar-refractivity contribution is 6.29. The second-order valence-corrected chi connectivity index (χ2v) is 6.57. The van der Waals surface area contributed by atoms with Gasteiger partial charge in [0.05, 0.1) is 17.0 Å². The molecule has 28 heavy (non-hydrogen) atoms. The SMILES string of the molecule is CC1=NN(c2ccccc2)C(=O)/C1=C\C=C\c1ccc(-c2ccccc2)cc1. The molecule has 0 N–H and O–H groups in total. The number of benzene rings is 3. The van der Waals surface area contributed by atoms with Crippen LogP contribution in [0.3, 0.4) is 0 Å². The molecule has 136 valence electrons. The molecule has 1 aliphatic heterocycles. The Bertz CT molecular complexity index is 1060. The first-order valence-electron chi connectivity index (χ1n) is 9.21. The number of anilines is 1. The molecule has 0 aromatic heterocycles. The highest BCUT2D eigenvalue weighted by atomic mass is 16.2. The summed E-state index contributed by atoms with van der Waals surface area (Å²) in [7, 11) is 0. The van der Waals surface area contributed by atoms with Crippen LogP contribution in [0.25, 0.3) is 17.2 Å². The summed E-state index contributed by atoms with van der Waals surface area (Å²) < 4.78 is 0. The number of rotatable bonds is 4. The van der Waals surface area contributed by atoms with Crippen LogP contribution in [0.2, 0.25) is 0 Å². The van der Waals surface area contributed by atoms with E-state index in [1.54, 1.807) is 0 Å². The van der Waals surface area contributed by atoms with Crippen molar-refractivity contribution in [2.24, 2.45) is 5.10 Å². The maximum atomic E-state index is 12.7. The molecule has 0 saturated heterocycles. The average molecular weight is 364 g/mol. The van der Waals surface area contributed by atoms with E-state index in [-0.39, 0.29) is 5.91 Å². The van der Waals surface area contributed by atoms with Crippen LogP contribution in [0, 0.1) is 0 Å². The second kappa shape index (κ2) is 7.89. The van der Waals surface area contributed by atoms with Gasteiger partial charge < -0.3 is 0 Å². The Morgan fingerprint density at radius 1 is 0.786 bits per heavy atom. The van der Waals surface area contributed by atoms with Gasteiger partial charge in [-0.1, -0.05) is 84.9 Å². The van der Waals surface area contributed by atoms with E-state index < -0.39 is 0 Å². The summed E-state index contributed by atoms with van der Waals surface area (Å²) in [5, 5.41) is 5.84. The minimum atomic E-state index is -0.104. The van der Waals surface area contributed by atoms with Crippen molar-refractivity contribution in [3.8, 4) is 11.1 Å². The fraction of sp³-hybridized carbons (Fsp3) is 0.0400. The highest BCUT2D eigenvalue weighted by Crippen LogP contribution is 2.23. The topological polar surface area (TPSA) is 32.7 Å². The van der Waals surface area contributed by atoms with Gasteiger partial charge >= 0.3 is 0 Å². The van der Waals surface area contributed by atoms with Crippen molar-refractivity contribution < 1.29 is 4.79 Å². The summed E-state index contributed by atoms with van der Waals surface area (Å²) in [4.78, 5) is 12.7. The van der Waals surface area contributed by atoms with Gasteiger partial charge in [0.1, 0.15) is 0 Å². The lowest BCUT2D eigenvalue weighted by Crippen LogP contribution is -2.21. The van der Waals surface area contributed by atoms with Gasteiger partial charge in [-0.15, -0.1) is 0 Å². The molecule has 0 unspecified atom stereocenters. The fourth-order valence-electron chi connectivity index (χ4n) is 3.13. The molecule has 1 heterocycles. The van der Waals surface area contributed by atoms with Crippen LogP contribution in [0.4, 0.5) is 5.69 Å². The van der Waals surface area contributed by atoms with Crippen LogP contribution in [0.15, 0.2) is 108 Å². The van der Waals surface area contributed by atoms with Crippen molar-refractivity contribution in [2.45, 2.75) is 6.92 Å². The molecule has 0 bridgehead atoms. The number of amides is 1. The van der Waals surface area contributed by atoms with Gasteiger partial charge in [0, 0.05) is 0 Å². The second-order valence-electron chi connectivity index (χ2n) is 6.57. The van der Waals surface area contributed by atoms with Crippen LogP contribution in [-0.4, -0.2) is 11.6 Å². The molecule has 0 aliphatic carbocycles. The molecule has 0 saturated carbocycles. The Morgan fingerprint density at radius 2 is 1.39 bits per heavy atom. The monoisotopic (exact) mass is 364 g/mol. The highest BCUT2D eigenvalue weighted by Gasteiger charge is 2.27. The van der Waals surface area contributed by atoms with Gasteiger partial charge in [-0.25, -0.2) is 0 Å². The molecular formula is C25H20N2O. The summed E-state index contributed by atoms with van der Waals surface area (Å²) in [5.41, 5.74) is 5.57. The summed E-state index contributed by atoms with van der Waals surface area (Å²) in [5.74, 6) is -0.104. The third-order valence-corrected chi connectivity index (χ3v) is 4.63. The predicted octanol–water partition coefficient (Wildman–Crippen LogP) is 5.72. The third-order valence-electron chi connectivity index (χ3n) is 4.63. The van der Waals surface area contributed by atoms with E-state index in [0.29, 0.717) is 5.57 Å². The van der Waals surface area contributed by atoms with Crippen LogP contribution in [-0.2, 0) is 4.79 Å². The summed E-state index contributed by atoms with van der Waals surface area (Å²) >= 11 is 0. The lowest BCUT2D eigenvalue weighted by atomic mass is 10.0. The Hall–Kier alpha value is -3.72. The number of para-hydroxylation sites is 1. The van der Waals surface area contributed by atoms with Gasteiger partial charge in [0.2, 0.25) is 0 Å². The molecule has 1 amide bonds. The van der Waals surface area contributed by atoms with Gasteiger partial charge in [-0.3, -0.25) is 4.79 Å². The Morgan fingerprint density at radius 3 is 2.07 bits per heavy atom. The normalized spacial score (nSPS) is 15.5. The van der Waals surface area contributed by atoms with E-state index >= 15 is 0 Å². The molecule has 3 nitrogen and oxygen atoms in total. The zero-order chi connectivity index (χ0) is 19.3. The van der Waals surface area contributed by atoms with E-state index in [9.17, 15) is 4.79 Å². The van der Waals surface area contributed by atoms with Crippen LogP contribution in [0.5, 0.6) is 0 Å². The smallest absolute Gasteiger partial charge is 0.267 e. The minimum Gasteiger partial charge on any atom is -0.267 e. The van der Waals surface area contributed by atoms with Gasteiger partial charge in [-0.05, 0) is 41.8 Å². The van der Waals surface area contributed by atoms with E-state index in [1.165, 1.54) is 16.1 Å². The zero-order valence-electron chi connectivity index (χ0n) is 15.6. The van der Waals surface area contributed by atoms with Crippen molar-refractivity contribution in [3.63, 3.8) is 0 Å². The zero-order valence-corrected chi connectivity index (χ0v) is 15.6. The average Bonchev–Trinajstić information content (AvgIpc) is 3.04. The van der Waals surface area contributed by atoms with Crippen molar-refractivity contribution in [1.82, 2.24) is 0 Å². The maximum absolute atomic E-state index is 12.7. The molecule has 3 heteroatoms. The molecule has 0 atom stereocenters. The molecule has 4 rings (SSSR count). The number of hydrogen-bond donors (Lipinski definition) is 0. The number of hydrazone groups is 1. The first-order chi connectivity index (χ1) is 13.7. The molecular weight excluding hydrogens is 344 g/mol. The van der Waals surface area contributed by atoms with E-state index in [2.05, 4.69) is 41.5 Å².